The fraction of sp³-hybridized carbons (Fsp3) is 0.462. The van der Waals surface area contributed by atoms with Gasteiger partial charge in [-0.05, 0) is 24.6 Å². The van der Waals surface area contributed by atoms with Crippen molar-refractivity contribution in [3.63, 3.8) is 0 Å². The summed E-state index contributed by atoms with van der Waals surface area (Å²) in [5, 5.41) is 0.704. The van der Waals surface area contributed by atoms with Crippen LogP contribution in [0.3, 0.4) is 0 Å². The van der Waals surface area contributed by atoms with Gasteiger partial charge in [0.2, 0.25) is 0 Å². The molecule has 1 aliphatic heterocycles. The maximum absolute atomic E-state index is 11.7. The van der Waals surface area contributed by atoms with Gasteiger partial charge in [-0.15, -0.1) is 0 Å². The molecule has 0 radical (unpaired) electrons. The van der Waals surface area contributed by atoms with Crippen LogP contribution in [-0.2, 0) is 0 Å². The van der Waals surface area contributed by atoms with Crippen LogP contribution < -0.4 is 4.90 Å². The molecule has 0 spiro atoms. The highest BCUT2D eigenvalue weighted by molar-refractivity contribution is 6.31. The zero-order valence-corrected chi connectivity index (χ0v) is 11.6. The van der Waals surface area contributed by atoms with Crippen LogP contribution in [0.4, 0.5) is 10.5 Å². The molecular weight excluding hydrogens is 236 g/mol. The first kappa shape index (κ1) is 13.8. The van der Waals surface area contributed by atoms with Crippen LogP contribution in [0.1, 0.15) is 19.4 Å². The van der Waals surface area contributed by atoms with Gasteiger partial charge < -0.3 is 4.90 Å². The van der Waals surface area contributed by atoms with Gasteiger partial charge >= 0.3 is 6.03 Å². The summed E-state index contributed by atoms with van der Waals surface area (Å²) < 4.78 is 0. The number of nitrogens with zero attached hydrogens (tertiary/aromatic N) is 2. The van der Waals surface area contributed by atoms with Crippen molar-refractivity contribution in [1.82, 2.24) is 4.90 Å². The van der Waals surface area contributed by atoms with E-state index < -0.39 is 0 Å². The second-order valence-electron chi connectivity index (χ2n) is 3.79. The Balaban J connectivity index is 0.000000686. The lowest BCUT2D eigenvalue weighted by atomic mass is 10.2. The van der Waals surface area contributed by atoms with E-state index in [2.05, 4.69) is 0 Å². The highest BCUT2D eigenvalue weighted by atomic mass is 35.5. The molecule has 0 aliphatic carbocycles. The van der Waals surface area contributed by atoms with Crippen molar-refractivity contribution in [3.05, 3.63) is 28.8 Å². The topological polar surface area (TPSA) is 23.6 Å². The monoisotopic (exact) mass is 254 g/mol. The molecule has 0 unspecified atom stereocenters. The van der Waals surface area contributed by atoms with E-state index in [4.69, 9.17) is 11.6 Å². The molecule has 4 heteroatoms. The van der Waals surface area contributed by atoms with E-state index in [1.807, 2.05) is 39.0 Å². The second kappa shape index (κ2) is 5.92. The van der Waals surface area contributed by atoms with Crippen LogP contribution in [0.15, 0.2) is 18.2 Å². The molecule has 2 amide bonds. The van der Waals surface area contributed by atoms with E-state index in [0.29, 0.717) is 5.02 Å². The maximum Gasteiger partial charge on any atom is 0.324 e. The number of benzene rings is 1. The van der Waals surface area contributed by atoms with Crippen molar-refractivity contribution in [2.24, 2.45) is 0 Å². The molecule has 1 heterocycles. The molecule has 3 nitrogen and oxygen atoms in total. The molecule has 1 aromatic carbocycles. The number of halogens is 1. The van der Waals surface area contributed by atoms with Gasteiger partial charge in [0, 0.05) is 30.8 Å². The minimum absolute atomic E-state index is 0.0370. The van der Waals surface area contributed by atoms with Gasteiger partial charge in [-0.3, -0.25) is 4.90 Å². The number of rotatable bonds is 1. The van der Waals surface area contributed by atoms with E-state index in [0.717, 1.165) is 24.3 Å². The van der Waals surface area contributed by atoms with Gasteiger partial charge in [-0.2, -0.15) is 0 Å². The average molecular weight is 255 g/mol. The van der Waals surface area contributed by atoms with Crippen molar-refractivity contribution >= 4 is 23.3 Å². The quantitative estimate of drug-likeness (QED) is 0.752. The van der Waals surface area contributed by atoms with Gasteiger partial charge in [0.15, 0.2) is 0 Å². The molecule has 1 saturated heterocycles. The summed E-state index contributed by atoms with van der Waals surface area (Å²) in [6.45, 7) is 7.45. The third kappa shape index (κ3) is 2.91. The summed E-state index contributed by atoms with van der Waals surface area (Å²) in [6, 6.07) is 5.74. The van der Waals surface area contributed by atoms with Crippen LogP contribution in [0, 0.1) is 6.92 Å². The third-order valence-electron chi connectivity index (χ3n) is 2.68. The Bertz CT molecular complexity index is 406. The Morgan fingerprint density at radius 3 is 2.35 bits per heavy atom. The summed E-state index contributed by atoms with van der Waals surface area (Å²) in [6.07, 6.45) is 0. The first-order chi connectivity index (χ1) is 8.09. The second-order valence-corrected chi connectivity index (χ2v) is 4.20. The summed E-state index contributed by atoms with van der Waals surface area (Å²) in [7, 11) is 1.80. The van der Waals surface area contributed by atoms with Crippen LogP contribution in [0.25, 0.3) is 0 Å². The van der Waals surface area contributed by atoms with Gasteiger partial charge in [-0.1, -0.05) is 31.5 Å². The molecule has 2 rings (SSSR count). The maximum atomic E-state index is 11.7. The molecule has 0 atom stereocenters. The van der Waals surface area contributed by atoms with Crippen LogP contribution in [-0.4, -0.2) is 31.1 Å². The molecule has 1 aromatic rings. The fourth-order valence-electron chi connectivity index (χ4n) is 1.64. The number of urea groups is 1. The smallest absolute Gasteiger partial charge is 0.324 e. The number of anilines is 1. The first-order valence-electron chi connectivity index (χ1n) is 5.88. The van der Waals surface area contributed by atoms with Crippen molar-refractivity contribution in [3.8, 4) is 0 Å². The number of hydrogen-bond donors (Lipinski definition) is 0. The van der Waals surface area contributed by atoms with E-state index >= 15 is 0 Å². The number of carbonyl (C=O) groups is 1. The summed E-state index contributed by atoms with van der Waals surface area (Å²) in [4.78, 5) is 15.2. The molecule has 94 valence electrons. The Morgan fingerprint density at radius 1 is 1.24 bits per heavy atom. The standard InChI is InChI=1S/C11H13ClN2O.C2H6/c1-8-3-4-9(7-10(8)12)14-6-5-13(2)11(14)15;1-2/h3-4,7H,5-6H2,1-2H3;1-2H3. The summed E-state index contributed by atoms with van der Waals surface area (Å²) >= 11 is 6.02. The number of carbonyl (C=O) groups excluding carboxylic acids is 1. The lowest BCUT2D eigenvalue weighted by Gasteiger charge is -2.16. The van der Waals surface area contributed by atoms with Gasteiger partial charge in [0.1, 0.15) is 0 Å². The normalized spacial score (nSPS) is 14.8. The Kier molecular flexibility index (Phi) is 4.82. The van der Waals surface area contributed by atoms with Gasteiger partial charge in [-0.25, -0.2) is 4.79 Å². The van der Waals surface area contributed by atoms with Crippen LogP contribution in [0.5, 0.6) is 0 Å². The Hall–Kier alpha value is -1.22. The molecule has 0 saturated carbocycles. The zero-order chi connectivity index (χ0) is 13.0. The number of amides is 2. The predicted molar refractivity (Wildman–Crippen MR) is 72.9 cm³/mol. The van der Waals surface area contributed by atoms with Crippen molar-refractivity contribution in [1.29, 1.82) is 0 Å². The first-order valence-corrected chi connectivity index (χ1v) is 6.26. The molecule has 0 bridgehead atoms. The number of aryl methyl sites for hydroxylation is 1. The average Bonchev–Trinajstić information content (AvgIpc) is 2.67. The van der Waals surface area contributed by atoms with Crippen molar-refractivity contribution < 1.29 is 4.79 Å². The number of likely N-dealkylation sites (N-methyl/N-ethyl adjacent to an activating group) is 1. The summed E-state index contributed by atoms with van der Waals surface area (Å²) in [5.74, 6) is 0. The lowest BCUT2D eigenvalue weighted by molar-refractivity contribution is 0.229. The van der Waals surface area contributed by atoms with E-state index in [1.54, 1.807) is 16.8 Å². The highest BCUT2D eigenvalue weighted by Crippen LogP contribution is 2.25. The predicted octanol–water partition coefficient (Wildman–Crippen LogP) is 3.55. The highest BCUT2D eigenvalue weighted by Gasteiger charge is 2.26. The van der Waals surface area contributed by atoms with Crippen LogP contribution >= 0.6 is 11.6 Å². The molecule has 1 aliphatic rings. The molecule has 17 heavy (non-hydrogen) atoms. The molecular formula is C13H19ClN2O. The zero-order valence-electron chi connectivity index (χ0n) is 10.8. The molecule has 1 fully saturated rings. The summed E-state index contributed by atoms with van der Waals surface area (Å²) in [5.41, 5.74) is 1.90. The minimum Gasteiger partial charge on any atom is -0.326 e. The van der Waals surface area contributed by atoms with Gasteiger partial charge in [0.05, 0.1) is 0 Å². The molecule has 0 N–H and O–H groups in total. The number of hydrogen-bond acceptors (Lipinski definition) is 1. The Morgan fingerprint density at radius 2 is 1.88 bits per heavy atom. The minimum atomic E-state index is 0.0370. The molecule has 0 aromatic heterocycles. The van der Waals surface area contributed by atoms with Crippen molar-refractivity contribution in [2.75, 3.05) is 25.0 Å². The van der Waals surface area contributed by atoms with Crippen molar-refractivity contribution in [2.45, 2.75) is 20.8 Å². The van der Waals surface area contributed by atoms with E-state index in [-0.39, 0.29) is 6.03 Å². The van der Waals surface area contributed by atoms with Gasteiger partial charge in [0.25, 0.3) is 0 Å². The van der Waals surface area contributed by atoms with E-state index in [9.17, 15) is 4.79 Å². The Labute approximate surface area is 108 Å². The lowest BCUT2D eigenvalue weighted by Crippen LogP contribution is -2.29. The fourth-order valence-corrected chi connectivity index (χ4v) is 1.81. The third-order valence-corrected chi connectivity index (χ3v) is 3.09. The van der Waals surface area contributed by atoms with Crippen LogP contribution in [0.2, 0.25) is 5.02 Å². The SMILES string of the molecule is CC.Cc1ccc(N2CCN(C)C2=O)cc1Cl. The van der Waals surface area contributed by atoms with E-state index in [1.165, 1.54) is 0 Å². The largest absolute Gasteiger partial charge is 0.326 e.